The van der Waals surface area contributed by atoms with Crippen LogP contribution in [0.5, 0.6) is 0 Å². The Hall–Kier alpha value is -3.75. The van der Waals surface area contributed by atoms with Gasteiger partial charge < -0.3 is 14.8 Å². The first-order valence-corrected chi connectivity index (χ1v) is 9.51. The van der Waals surface area contributed by atoms with Crippen molar-refractivity contribution < 1.29 is 13.7 Å². The summed E-state index contributed by atoms with van der Waals surface area (Å²) in [5.41, 5.74) is 2.44. The van der Waals surface area contributed by atoms with E-state index in [1.54, 1.807) is 29.8 Å². The van der Waals surface area contributed by atoms with Gasteiger partial charge in [-0.1, -0.05) is 12.1 Å². The van der Waals surface area contributed by atoms with E-state index in [9.17, 15) is 14.0 Å². The van der Waals surface area contributed by atoms with Crippen LogP contribution in [0.15, 0.2) is 46.0 Å². The number of hydrogen-bond donors (Lipinski definition) is 2. The van der Waals surface area contributed by atoms with E-state index in [1.807, 2.05) is 13.8 Å². The quantitative estimate of drug-likeness (QED) is 0.517. The molecule has 0 aliphatic rings. The van der Waals surface area contributed by atoms with Crippen molar-refractivity contribution in [3.63, 3.8) is 0 Å². The number of nitrogens with one attached hydrogen (secondary N) is 2. The lowest BCUT2D eigenvalue weighted by Gasteiger charge is -2.12. The first kappa shape index (κ1) is 19.6. The number of anilines is 1. The van der Waals surface area contributed by atoms with Crippen LogP contribution in [0.25, 0.3) is 22.3 Å². The van der Waals surface area contributed by atoms with Crippen LogP contribution in [0.4, 0.5) is 10.2 Å². The van der Waals surface area contributed by atoms with E-state index in [0.29, 0.717) is 27.9 Å². The van der Waals surface area contributed by atoms with E-state index in [-0.39, 0.29) is 23.1 Å². The molecule has 154 valence electrons. The maximum atomic E-state index is 14.6. The standard InChI is InChI=1S/C21H20FN5O3/c1-4-11(2)27-19-17(24-21(27)29)9-14(10-23-19)15-7-13(8-16(22)12(15)3)20(28)25-18-5-6-30-26-18/h5-11H,4H2,1-3H3,(H,24,29)(H,25,26,28)/t11-/m1/s1. The Morgan fingerprint density at radius 1 is 1.37 bits per heavy atom. The van der Waals surface area contributed by atoms with Crippen LogP contribution in [-0.4, -0.2) is 25.6 Å². The fourth-order valence-electron chi connectivity index (χ4n) is 3.33. The Morgan fingerprint density at radius 3 is 2.87 bits per heavy atom. The number of rotatable bonds is 5. The molecule has 8 nitrogen and oxygen atoms in total. The van der Waals surface area contributed by atoms with E-state index in [2.05, 4.69) is 25.0 Å². The molecule has 9 heteroatoms. The summed E-state index contributed by atoms with van der Waals surface area (Å²) in [5.74, 6) is -0.812. The number of amides is 1. The molecular formula is C21H20FN5O3. The highest BCUT2D eigenvalue weighted by Gasteiger charge is 2.17. The molecule has 0 bridgehead atoms. The van der Waals surface area contributed by atoms with Crippen LogP contribution < -0.4 is 11.0 Å². The second kappa shape index (κ2) is 7.58. The molecule has 2 N–H and O–H groups in total. The molecule has 1 aromatic carbocycles. The molecule has 4 aromatic rings. The zero-order chi connectivity index (χ0) is 21.4. The summed E-state index contributed by atoms with van der Waals surface area (Å²) in [7, 11) is 0. The van der Waals surface area contributed by atoms with Gasteiger partial charge in [0.2, 0.25) is 0 Å². The summed E-state index contributed by atoms with van der Waals surface area (Å²) in [5, 5.41) is 6.17. The molecule has 0 fully saturated rings. The van der Waals surface area contributed by atoms with Gasteiger partial charge in [0, 0.05) is 29.4 Å². The smallest absolute Gasteiger partial charge is 0.327 e. The number of fused-ring (bicyclic) bond motifs is 1. The lowest BCUT2D eigenvalue weighted by molar-refractivity contribution is 0.102. The molecule has 0 aliphatic heterocycles. The molecule has 0 saturated carbocycles. The minimum atomic E-state index is -0.524. The van der Waals surface area contributed by atoms with Gasteiger partial charge in [-0.25, -0.2) is 14.2 Å². The van der Waals surface area contributed by atoms with Crippen molar-refractivity contribution in [2.45, 2.75) is 33.2 Å². The number of halogens is 1. The number of H-pyrrole nitrogens is 1. The van der Waals surface area contributed by atoms with Gasteiger partial charge in [0.05, 0.1) is 5.52 Å². The normalized spacial score (nSPS) is 12.3. The maximum absolute atomic E-state index is 14.6. The molecular weight excluding hydrogens is 389 g/mol. The van der Waals surface area contributed by atoms with Gasteiger partial charge in [-0.05, 0) is 49.6 Å². The summed E-state index contributed by atoms with van der Waals surface area (Å²) < 4.78 is 20.9. The maximum Gasteiger partial charge on any atom is 0.327 e. The van der Waals surface area contributed by atoms with Gasteiger partial charge in [-0.3, -0.25) is 9.36 Å². The Kier molecular flexibility index (Phi) is 4.94. The topological polar surface area (TPSA) is 106 Å². The van der Waals surface area contributed by atoms with Crippen LogP contribution >= 0.6 is 0 Å². The molecule has 30 heavy (non-hydrogen) atoms. The molecule has 0 spiro atoms. The predicted octanol–water partition coefficient (Wildman–Crippen LogP) is 4.05. The summed E-state index contributed by atoms with van der Waals surface area (Å²) in [6.07, 6.45) is 3.68. The molecule has 3 aromatic heterocycles. The number of benzene rings is 1. The van der Waals surface area contributed by atoms with Crippen molar-refractivity contribution in [1.82, 2.24) is 19.7 Å². The Balaban J connectivity index is 1.78. The number of nitrogens with zero attached hydrogens (tertiary/aromatic N) is 3. The highest BCUT2D eigenvalue weighted by Crippen LogP contribution is 2.29. The fourth-order valence-corrected chi connectivity index (χ4v) is 3.33. The number of imidazole rings is 1. The minimum Gasteiger partial charge on any atom is -0.363 e. The van der Waals surface area contributed by atoms with Crippen molar-refractivity contribution in [3.05, 3.63) is 64.2 Å². The fraction of sp³-hybridized carbons (Fsp3) is 0.238. The molecule has 0 saturated heterocycles. The second-order valence-corrected chi connectivity index (χ2v) is 7.12. The number of pyridine rings is 1. The average Bonchev–Trinajstić information content (AvgIpc) is 3.35. The van der Waals surface area contributed by atoms with Crippen LogP contribution in [0.3, 0.4) is 0 Å². The molecule has 1 amide bonds. The summed E-state index contributed by atoms with van der Waals surface area (Å²) >= 11 is 0. The molecule has 4 rings (SSSR count). The van der Waals surface area contributed by atoms with Crippen molar-refractivity contribution in [3.8, 4) is 11.1 Å². The van der Waals surface area contributed by atoms with Gasteiger partial charge in [0.1, 0.15) is 12.1 Å². The first-order chi connectivity index (χ1) is 14.4. The van der Waals surface area contributed by atoms with Crippen LogP contribution in [0.2, 0.25) is 0 Å². The number of carbonyl (C=O) groups is 1. The van der Waals surface area contributed by atoms with Crippen molar-refractivity contribution in [2.75, 3.05) is 5.32 Å². The van der Waals surface area contributed by atoms with Gasteiger partial charge in [0.25, 0.3) is 5.91 Å². The summed E-state index contributed by atoms with van der Waals surface area (Å²) in [4.78, 5) is 32.1. The zero-order valence-electron chi connectivity index (χ0n) is 16.7. The summed E-state index contributed by atoms with van der Waals surface area (Å²) in [6.45, 7) is 5.56. The highest BCUT2D eigenvalue weighted by atomic mass is 19.1. The van der Waals surface area contributed by atoms with Crippen molar-refractivity contribution in [2.24, 2.45) is 0 Å². The SMILES string of the molecule is CC[C@@H](C)n1c(=O)[nH]c2cc(-c3cc(C(=O)Nc4ccon4)cc(F)c3C)cnc21. The lowest BCUT2D eigenvalue weighted by Crippen LogP contribution is -2.20. The predicted molar refractivity (Wildman–Crippen MR) is 110 cm³/mol. The molecule has 3 heterocycles. The van der Waals surface area contributed by atoms with Gasteiger partial charge in [-0.15, -0.1) is 0 Å². The molecule has 1 atom stereocenters. The average molecular weight is 409 g/mol. The van der Waals surface area contributed by atoms with E-state index in [0.717, 1.165) is 6.42 Å². The number of hydrogen-bond acceptors (Lipinski definition) is 5. The van der Waals surface area contributed by atoms with Crippen molar-refractivity contribution in [1.29, 1.82) is 0 Å². The first-order valence-electron chi connectivity index (χ1n) is 9.51. The van der Waals surface area contributed by atoms with Crippen LogP contribution in [-0.2, 0) is 0 Å². The Labute approximate surface area is 170 Å². The van der Waals surface area contributed by atoms with E-state index in [1.165, 1.54) is 18.4 Å². The molecule has 0 radical (unpaired) electrons. The number of carbonyl (C=O) groups excluding carboxylic acids is 1. The third-order valence-electron chi connectivity index (χ3n) is 5.18. The largest absolute Gasteiger partial charge is 0.363 e. The monoisotopic (exact) mass is 409 g/mol. The highest BCUT2D eigenvalue weighted by molar-refractivity contribution is 6.04. The van der Waals surface area contributed by atoms with Crippen LogP contribution in [0.1, 0.15) is 42.2 Å². The number of aromatic nitrogens is 4. The van der Waals surface area contributed by atoms with Crippen molar-refractivity contribution >= 4 is 22.9 Å². The molecule has 0 unspecified atom stereocenters. The van der Waals surface area contributed by atoms with Crippen LogP contribution in [0, 0.1) is 12.7 Å². The molecule has 0 aliphatic carbocycles. The van der Waals surface area contributed by atoms with Gasteiger partial charge in [-0.2, -0.15) is 0 Å². The third kappa shape index (κ3) is 3.38. The number of aromatic amines is 1. The van der Waals surface area contributed by atoms with E-state index >= 15 is 0 Å². The van der Waals surface area contributed by atoms with E-state index in [4.69, 9.17) is 0 Å². The second-order valence-electron chi connectivity index (χ2n) is 7.12. The lowest BCUT2D eigenvalue weighted by atomic mass is 9.98. The minimum absolute atomic E-state index is 0.00710. The van der Waals surface area contributed by atoms with Gasteiger partial charge in [0.15, 0.2) is 11.5 Å². The van der Waals surface area contributed by atoms with Gasteiger partial charge >= 0.3 is 5.69 Å². The Morgan fingerprint density at radius 2 is 2.17 bits per heavy atom. The summed E-state index contributed by atoms with van der Waals surface area (Å²) in [6, 6.07) is 5.97. The van der Waals surface area contributed by atoms with E-state index < -0.39 is 11.7 Å². The Bertz CT molecular complexity index is 1290. The zero-order valence-corrected chi connectivity index (χ0v) is 16.7. The third-order valence-corrected chi connectivity index (χ3v) is 5.18.